The number of halogens is 1. The third-order valence-electron chi connectivity index (χ3n) is 3.07. The molecule has 0 radical (unpaired) electrons. The van der Waals surface area contributed by atoms with Gasteiger partial charge in [-0.15, -0.1) is 5.10 Å². The highest BCUT2D eigenvalue weighted by Crippen LogP contribution is 2.26. The van der Waals surface area contributed by atoms with E-state index in [1.165, 1.54) is 0 Å². The molecule has 0 atom stereocenters. The molecule has 0 bridgehead atoms. The van der Waals surface area contributed by atoms with Crippen LogP contribution >= 0.6 is 23.1 Å². The maximum Gasteiger partial charge on any atom is 0.343 e. The summed E-state index contributed by atoms with van der Waals surface area (Å²) in [6, 6.07) is 5.56. The molecule has 0 saturated carbocycles. The van der Waals surface area contributed by atoms with Crippen LogP contribution in [0.1, 0.15) is 27.4 Å². The van der Waals surface area contributed by atoms with Gasteiger partial charge >= 0.3 is 5.97 Å². The number of aryl methyl sites for hydroxylation is 1. The zero-order valence-electron chi connectivity index (χ0n) is 11.8. The van der Waals surface area contributed by atoms with Crippen LogP contribution in [0.2, 0.25) is 4.34 Å². The zero-order valence-corrected chi connectivity index (χ0v) is 13.4. The highest BCUT2D eigenvalue weighted by molar-refractivity contribution is 7.10. The van der Waals surface area contributed by atoms with E-state index < -0.39 is 5.97 Å². The first-order valence-electron chi connectivity index (χ1n) is 6.42. The second-order valence-corrected chi connectivity index (χ2v) is 5.84. The Kier molecular flexibility index (Phi) is 4.14. The molecule has 0 unspecified atom stereocenters. The molecule has 116 valence electrons. The Morgan fingerprint density at radius 2 is 2.26 bits per heavy atom. The number of carbonyl (C=O) groups is 1. The number of nitriles is 1. The molecular formula is C14H9ClN4O3S. The largest absolute Gasteiger partial charge is 0.455 e. The van der Waals surface area contributed by atoms with Crippen molar-refractivity contribution in [1.82, 2.24) is 14.2 Å². The second-order valence-electron chi connectivity index (χ2n) is 4.48. The molecule has 0 N–H and O–H groups in total. The number of rotatable bonds is 4. The SMILES string of the molecule is Cc1oc(-n2cccc2)c(C#N)c1C(=O)OCc1nnsc1Cl. The molecule has 0 aliphatic heterocycles. The van der Waals surface area contributed by atoms with Crippen LogP contribution in [-0.2, 0) is 11.3 Å². The number of esters is 1. The van der Waals surface area contributed by atoms with Gasteiger partial charge in [-0.05, 0) is 19.1 Å². The molecule has 9 heteroatoms. The predicted octanol–water partition coefficient (Wildman–Crippen LogP) is 3.11. The normalized spacial score (nSPS) is 10.5. The summed E-state index contributed by atoms with van der Waals surface area (Å²) < 4.78 is 16.3. The van der Waals surface area contributed by atoms with E-state index in [4.69, 9.17) is 20.8 Å². The van der Waals surface area contributed by atoms with E-state index in [1.54, 1.807) is 36.0 Å². The smallest absolute Gasteiger partial charge is 0.343 e. The van der Waals surface area contributed by atoms with Gasteiger partial charge < -0.3 is 9.15 Å². The van der Waals surface area contributed by atoms with E-state index in [0.29, 0.717) is 15.8 Å². The summed E-state index contributed by atoms with van der Waals surface area (Å²) >= 11 is 6.86. The summed E-state index contributed by atoms with van der Waals surface area (Å²) in [5.41, 5.74) is 0.581. The van der Waals surface area contributed by atoms with Gasteiger partial charge in [-0.25, -0.2) is 4.79 Å². The molecule has 0 saturated heterocycles. The van der Waals surface area contributed by atoms with Crippen molar-refractivity contribution < 1.29 is 13.9 Å². The Morgan fingerprint density at radius 3 is 2.87 bits per heavy atom. The van der Waals surface area contributed by atoms with Gasteiger partial charge in [0.1, 0.15) is 39.6 Å². The molecule has 3 rings (SSSR count). The second kappa shape index (κ2) is 6.24. The molecule has 7 nitrogen and oxygen atoms in total. The van der Waals surface area contributed by atoms with E-state index in [9.17, 15) is 10.1 Å². The topological polar surface area (TPSA) is 93.9 Å². The van der Waals surface area contributed by atoms with Crippen LogP contribution in [-0.4, -0.2) is 20.1 Å². The number of hydrogen-bond acceptors (Lipinski definition) is 7. The maximum absolute atomic E-state index is 12.3. The van der Waals surface area contributed by atoms with Gasteiger partial charge in [0, 0.05) is 23.9 Å². The highest BCUT2D eigenvalue weighted by atomic mass is 35.5. The summed E-state index contributed by atoms with van der Waals surface area (Å²) in [5.74, 6) is -0.0988. The molecule has 0 fully saturated rings. The number of aromatic nitrogens is 3. The summed E-state index contributed by atoms with van der Waals surface area (Å²) in [4.78, 5) is 12.3. The van der Waals surface area contributed by atoms with Crippen molar-refractivity contribution in [2.45, 2.75) is 13.5 Å². The molecule has 0 spiro atoms. The first kappa shape index (κ1) is 15.3. The van der Waals surface area contributed by atoms with Crippen LogP contribution in [0.3, 0.4) is 0 Å². The lowest BCUT2D eigenvalue weighted by molar-refractivity contribution is 0.0465. The van der Waals surface area contributed by atoms with Gasteiger partial charge in [0.25, 0.3) is 0 Å². The van der Waals surface area contributed by atoms with Crippen LogP contribution in [0.15, 0.2) is 28.9 Å². The number of furan rings is 1. The predicted molar refractivity (Wildman–Crippen MR) is 81.5 cm³/mol. The van der Waals surface area contributed by atoms with Gasteiger partial charge in [0.15, 0.2) is 0 Å². The van der Waals surface area contributed by atoms with E-state index in [-0.39, 0.29) is 23.6 Å². The Hall–Kier alpha value is -2.63. The summed E-state index contributed by atoms with van der Waals surface area (Å²) in [6.45, 7) is 1.48. The summed E-state index contributed by atoms with van der Waals surface area (Å²) in [5, 5.41) is 13.1. The first-order chi connectivity index (χ1) is 11.1. The van der Waals surface area contributed by atoms with Crippen molar-refractivity contribution in [3.63, 3.8) is 0 Å². The lowest BCUT2D eigenvalue weighted by Crippen LogP contribution is -2.08. The van der Waals surface area contributed by atoms with Gasteiger partial charge in [0.2, 0.25) is 5.88 Å². The summed E-state index contributed by atoms with van der Waals surface area (Å²) in [6.07, 6.45) is 3.43. The Balaban J connectivity index is 1.89. The molecule has 0 aliphatic carbocycles. The van der Waals surface area contributed by atoms with E-state index in [1.807, 2.05) is 6.07 Å². The molecule has 3 heterocycles. The van der Waals surface area contributed by atoms with Crippen molar-refractivity contribution in [2.24, 2.45) is 0 Å². The minimum atomic E-state index is -0.676. The lowest BCUT2D eigenvalue weighted by Gasteiger charge is -2.02. The summed E-state index contributed by atoms with van der Waals surface area (Å²) in [7, 11) is 0. The lowest BCUT2D eigenvalue weighted by atomic mass is 10.1. The van der Waals surface area contributed by atoms with E-state index in [0.717, 1.165) is 11.5 Å². The third kappa shape index (κ3) is 2.84. The molecule has 0 aromatic carbocycles. The van der Waals surface area contributed by atoms with Crippen LogP contribution in [0.25, 0.3) is 5.88 Å². The monoisotopic (exact) mass is 348 g/mol. The van der Waals surface area contributed by atoms with Gasteiger partial charge in [0.05, 0.1) is 0 Å². The minimum Gasteiger partial charge on any atom is -0.455 e. The molecule has 23 heavy (non-hydrogen) atoms. The Bertz CT molecular complexity index is 892. The molecule has 0 amide bonds. The average Bonchev–Trinajstić information content (AvgIpc) is 3.24. The zero-order chi connectivity index (χ0) is 16.4. The molecule has 3 aromatic heterocycles. The van der Waals surface area contributed by atoms with E-state index in [2.05, 4.69) is 9.59 Å². The first-order valence-corrected chi connectivity index (χ1v) is 7.57. The van der Waals surface area contributed by atoms with Crippen molar-refractivity contribution >= 4 is 29.1 Å². The standard InChI is InChI=1S/C14H9ClN4O3S/c1-8-11(14(20)21-7-10-12(15)23-18-17-10)9(6-16)13(22-8)19-4-2-3-5-19/h2-5H,7H2,1H3. The van der Waals surface area contributed by atoms with Crippen LogP contribution < -0.4 is 0 Å². The van der Waals surface area contributed by atoms with Gasteiger partial charge in [-0.2, -0.15) is 5.26 Å². The number of ether oxygens (including phenoxy) is 1. The van der Waals surface area contributed by atoms with Crippen LogP contribution in [0, 0.1) is 18.3 Å². The van der Waals surface area contributed by atoms with Gasteiger partial charge in [-0.1, -0.05) is 16.1 Å². The van der Waals surface area contributed by atoms with Crippen LogP contribution in [0.4, 0.5) is 0 Å². The fourth-order valence-corrected chi connectivity index (χ4v) is 2.62. The van der Waals surface area contributed by atoms with Crippen molar-refractivity contribution in [2.75, 3.05) is 0 Å². The Labute approximate surface area is 139 Å². The van der Waals surface area contributed by atoms with Crippen LogP contribution in [0.5, 0.6) is 0 Å². The van der Waals surface area contributed by atoms with E-state index >= 15 is 0 Å². The minimum absolute atomic E-state index is 0.0931. The molecular weight excluding hydrogens is 340 g/mol. The maximum atomic E-state index is 12.3. The number of carbonyl (C=O) groups excluding carboxylic acids is 1. The average molecular weight is 349 g/mol. The quantitative estimate of drug-likeness (QED) is 0.672. The van der Waals surface area contributed by atoms with Crippen molar-refractivity contribution in [1.29, 1.82) is 5.26 Å². The van der Waals surface area contributed by atoms with Gasteiger partial charge in [-0.3, -0.25) is 4.57 Å². The fourth-order valence-electron chi connectivity index (χ4n) is 2.02. The Morgan fingerprint density at radius 1 is 1.52 bits per heavy atom. The fraction of sp³-hybridized carbons (Fsp3) is 0.143. The van der Waals surface area contributed by atoms with Crippen molar-refractivity contribution in [3.05, 3.63) is 51.4 Å². The molecule has 3 aromatic rings. The number of hydrogen-bond donors (Lipinski definition) is 0. The number of nitrogens with zero attached hydrogens (tertiary/aromatic N) is 4. The molecule has 0 aliphatic rings. The van der Waals surface area contributed by atoms with Crippen molar-refractivity contribution in [3.8, 4) is 12.0 Å². The highest BCUT2D eigenvalue weighted by Gasteiger charge is 2.26. The third-order valence-corrected chi connectivity index (χ3v) is 4.05.